The summed E-state index contributed by atoms with van der Waals surface area (Å²) in [6, 6.07) is 8.17. The van der Waals surface area contributed by atoms with Gasteiger partial charge in [0.05, 0.1) is 0 Å². The Balaban J connectivity index is 1.38. The minimum atomic E-state index is -0.0265. The third kappa shape index (κ3) is 3.84. The molecule has 1 saturated carbocycles. The van der Waals surface area contributed by atoms with Crippen LogP contribution in [0.4, 0.5) is 11.8 Å². The quantitative estimate of drug-likeness (QED) is 0.716. The van der Waals surface area contributed by atoms with E-state index in [1.54, 1.807) is 30.9 Å². The molecule has 4 rings (SSSR count). The zero-order chi connectivity index (χ0) is 18.8. The number of nitrogens with one attached hydrogen (secondary N) is 2. The van der Waals surface area contributed by atoms with Crippen molar-refractivity contribution in [2.24, 2.45) is 7.05 Å². The summed E-state index contributed by atoms with van der Waals surface area (Å²) in [7, 11) is 1.75. The molecule has 0 saturated heterocycles. The van der Waals surface area contributed by atoms with Gasteiger partial charge < -0.3 is 19.7 Å². The topological polar surface area (TPSA) is 97.9 Å². The van der Waals surface area contributed by atoms with Crippen LogP contribution in [0.1, 0.15) is 25.2 Å². The van der Waals surface area contributed by atoms with Gasteiger partial charge in [-0.2, -0.15) is 4.98 Å². The summed E-state index contributed by atoms with van der Waals surface area (Å²) in [6.07, 6.45) is 6.51. The minimum Gasteiger partial charge on any atom is -0.367 e. The Morgan fingerprint density at radius 3 is 2.70 bits per heavy atom. The van der Waals surface area contributed by atoms with Crippen LogP contribution < -0.4 is 16.2 Å². The van der Waals surface area contributed by atoms with Gasteiger partial charge in [0.1, 0.15) is 5.82 Å². The number of aryl methyl sites for hydroxylation is 2. The summed E-state index contributed by atoms with van der Waals surface area (Å²) < 4.78 is 6.56. The smallest absolute Gasteiger partial charge is 0.263 e. The fourth-order valence-corrected chi connectivity index (χ4v) is 3.45. The molecule has 140 valence electrons. The lowest BCUT2D eigenvalue weighted by molar-refractivity contribution is 0.394. The second-order valence-corrected chi connectivity index (χ2v) is 6.90. The van der Waals surface area contributed by atoms with Gasteiger partial charge in [-0.25, -0.2) is 4.98 Å². The fraction of sp³-hybridized carbons (Fsp3) is 0.368. The van der Waals surface area contributed by atoms with Crippen LogP contribution in [0.25, 0.3) is 11.1 Å². The number of rotatable bonds is 5. The molecule has 0 unspecified atom stereocenters. The third-order valence-electron chi connectivity index (χ3n) is 4.84. The van der Waals surface area contributed by atoms with Crippen molar-refractivity contribution >= 4 is 11.8 Å². The lowest BCUT2D eigenvalue weighted by atomic mass is 10.1. The zero-order valence-corrected chi connectivity index (χ0v) is 15.3. The van der Waals surface area contributed by atoms with Crippen molar-refractivity contribution < 1.29 is 4.52 Å². The molecule has 2 atom stereocenters. The van der Waals surface area contributed by atoms with Crippen LogP contribution in [0.5, 0.6) is 0 Å². The molecule has 1 fully saturated rings. The number of aromatic nitrogens is 4. The monoisotopic (exact) mass is 366 g/mol. The van der Waals surface area contributed by atoms with Gasteiger partial charge in [-0.15, -0.1) is 0 Å². The zero-order valence-electron chi connectivity index (χ0n) is 15.3. The molecular weight excluding hydrogens is 344 g/mol. The van der Waals surface area contributed by atoms with Gasteiger partial charge >= 0.3 is 0 Å². The van der Waals surface area contributed by atoms with Crippen molar-refractivity contribution in [3.8, 4) is 11.1 Å². The van der Waals surface area contributed by atoms with Crippen LogP contribution in [0.3, 0.4) is 0 Å². The first kappa shape index (κ1) is 17.3. The SMILES string of the molecule is Cc1nc(N[C@H]2CC[C@H](Nc3ccc(-c4cccn(C)c4=O)cn3)C2)no1. The Morgan fingerprint density at radius 2 is 2.00 bits per heavy atom. The molecule has 27 heavy (non-hydrogen) atoms. The molecule has 0 amide bonds. The van der Waals surface area contributed by atoms with E-state index in [4.69, 9.17) is 4.52 Å². The van der Waals surface area contributed by atoms with E-state index in [9.17, 15) is 4.79 Å². The van der Waals surface area contributed by atoms with Gasteiger partial charge in [-0.1, -0.05) is 0 Å². The van der Waals surface area contributed by atoms with E-state index in [1.165, 1.54) is 0 Å². The minimum absolute atomic E-state index is 0.0265. The largest absolute Gasteiger partial charge is 0.367 e. The number of hydrogen-bond donors (Lipinski definition) is 2. The summed E-state index contributed by atoms with van der Waals surface area (Å²) in [4.78, 5) is 20.9. The summed E-state index contributed by atoms with van der Waals surface area (Å²) >= 11 is 0. The highest BCUT2D eigenvalue weighted by atomic mass is 16.5. The van der Waals surface area contributed by atoms with Crippen LogP contribution in [0.15, 0.2) is 46.0 Å². The van der Waals surface area contributed by atoms with Crippen LogP contribution >= 0.6 is 0 Å². The fourth-order valence-electron chi connectivity index (χ4n) is 3.45. The van der Waals surface area contributed by atoms with Crippen LogP contribution in [-0.4, -0.2) is 31.8 Å². The Hall–Kier alpha value is -3.16. The van der Waals surface area contributed by atoms with E-state index in [2.05, 4.69) is 25.8 Å². The lowest BCUT2D eigenvalue weighted by Gasteiger charge is -2.14. The Morgan fingerprint density at radius 1 is 1.19 bits per heavy atom. The van der Waals surface area contributed by atoms with E-state index in [0.717, 1.165) is 30.6 Å². The van der Waals surface area contributed by atoms with Crippen molar-refractivity contribution in [2.45, 2.75) is 38.3 Å². The molecule has 3 aromatic heterocycles. The van der Waals surface area contributed by atoms with Gasteiger partial charge in [0.15, 0.2) is 0 Å². The number of anilines is 2. The molecule has 0 aliphatic heterocycles. The number of pyridine rings is 2. The maximum absolute atomic E-state index is 12.2. The molecule has 0 radical (unpaired) electrons. The van der Waals surface area contributed by atoms with E-state index >= 15 is 0 Å². The lowest BCUT2D eigenvalue weighted by Crippen LogP contribution is -2.21. The molecule has 1 aliphatic carbocycles. The predicted octanol–water partition coefficient (Wildman–Crippen LogP) is 2.58. The summed E-state index contributed by atoms with van der Waals surface area (Å²) in [5, 5.41) is 10.7. The maximum atomic E-state index is 12.2. The molecule has 0 bridgehead atoms. The van der Waals surface area contributed by atoms with Crippen molar-refractivity contribution in [3.05, 3.63) is 52.9 Å². The third-order valence-corrected chi connectivity index (χ3v) is 4.84. The number of nitrogens with zero attached hydrogens (tertiary/aromatic N) is 4. The van der Waals surface area contributed by atoms with Crippen LogP contribution in [0.2, 0.25) is 0 Å². The molecule has 8 heteroatoms. The van der Waals surface area contributed by atoms with Gasteiger partial charge in [0.2, 0.25) is 5.89 Å². The van der Waals surface area contributed by atoms with Crippen LogP contribution in [-0.2, 0) is 7.05 Å². The van der Waals surface area contributed by atoms with Crippen LogP contribution in [0, 0.1) is 6.92 Å². The second kappa shape index (κ2) is 7.22. The summed E-state index contributed by atoms with van der Waals surface area (Å²) in [5.41, 5.74) is 1.45. The average Bonchev–Trinajstić information content (AvgIpc) is 3.27. The highest BCUT2D eigenvalue weighted by molar-refractivity contribution is 5.62. The van der Waals surface area contributed by atoms with Gasteiger partial charge in [0, 0.05) is 49.6 Å². The number of hydrogen-bond acceptors (Lipinski definition) is 7. The normalized spacial score (nSPS) is 19.2. The maximum Gasteiger partial charge on any atom is 0.263 e. The van der Waals surface area contributed by atoms with Crippen molar-refractivity contribution in [2.75, 3.05) is 10.6 Å². The van der Waals surface area contributed by atoms with E-state index < -0.39 is 0 Å². The predicted molar refractivity (Wildman–Crippen MR) is 103 cm³/mol. The first-order chi connectivity index (χ1) is 13.1. The van der Waals surface area contributed by atoms with Gasteiger partial charge in [-0.05, 0) is 48.7 Å². The molecule has 8 nitrogen and oxygen atoms in total. The Kier molecular flexibility index (Phi) is 4.62. The second-order valence-electron chi connectivity index (χ2n) is 6.90. The Bertz CT molecular complexity index is 978. The van der Waals surface area contributed by atoms with Crippen molar-refractivity contribution in [1.29, 1.82) is 0 Å². The van der Waals surface area contributed by atoms with Gasteiger partial charge in [-0.3, -0.25) is 4.79 Å². The molecule has 2 N–H and O–H groups in total. The van der Waals surface area contributed by atoms with E-state index in [0.29, 0.717) is 29.5 Å². The standard InChI is InChI=1S/C19H22N6O2/c1-12-21-19(24-27-12)23-15-7-6-14(10-15)22-17-8-5-13(11-20-17)16-4-3-9-25(2)18(16)26/h3-5,8-9,11,14-15H,6-7,10H2,1-2H3,(H,20,22)(H,23,24)/t14-,15-/m0/s1. The molecule has 0 spiro atoms. The molecule has 3 aromatic rings. The molecule has 3 heterocycles. The first-order valence-electron chi connectivity index (χ1n) is 9.04. The van der Waals surface area contributed by atoms with E-state index in [-0.39, 0.29) is 5.56 Å². The first-order valence-corrected chi connectivity index (χ1v) is 9.04. The Labute approximate surface area is 156 Å². The molecular formula is C19H22N6O2. The average molecular weight is 366 g/mol. The summed E-state index contributed by atoms with van der Waals surface area (Å²) in [5.74, 6) is 1.92. The van der Waals surface area contributed by atoms with Gasteiger partial charge in [0.25, 0.3) is 11.5 Å². The molecule has 1 aliphatic rings. The van der Waals surface area contributed by atoms with Crippen molar-refractivity contribution in [1.82, 2.24) is 19.7 Å². The molecule has 0 aromatic carbocycles. The highest BCUT2D eigenvalue weighted by Crippen LogP contribution is 2.25. The van der Waals surface area contributed by atoms with Crippen molar-refractivity contribution in [3.63, 3.8) is 0 Å². The van der Waals surface area contributed by atoms with E-state index in [1.807, 2.05) is 24.3 Å². The highest BCUT2D eigenvalue weighted by Gasteiger charge is 2.25. The summed E-state index contributed by atoms with van der Waals surface area (Å²) in [6.45, 7) is 1.78.